The zero-order valence-corrected chi connectivity index (χ0v) is 14.4. The Labute approximate surface area is 146 Å². The highest BCUT2D eigenvalue weighted by atomic mass is 79.9. The average molecular weight is 411 g/mol. The van der Waals surface area contributed by atoms with Gasteiger partial charge in [-0.15, -0.1) is 10.2 Å². The highest BCUT2D eigenvalue weighted by molar-refractivity contribution is 9.10. The molecule has 0 fully saturated rings. The van der Waals surface area contributed by atoms with Crippen LogP contribution >= 0.6 is 38.9 Å². The number of aromatic nitrogens is 5. The molecule has 3 heterocycles. The summed E-state index contributed by atoms with van der Waals surface area (Å²) in [5.74, 6) is 0.129. The highest BCUT2D eigenvalue weighted by Gasteiger charge is 2.15. The Morgan fingerprint density at radius 3 is 2.78 bits per heavy atom. The van der Waals surface area contributed by atoms with Gasteiger partial charge in [-0.05, 0) is 40.2 Å². The van der Waals surface area contributed by atoms with E-state index in [9.17, 15) is 4.39 Å². The molecule has 0 N–H and O–H groups in total. The Morgan fingerprint density at radius 2 is 2.00 bits per heavy atom. The van der Waals surface area contributed by atoms with Crippen LogP contribution < -0.4 is 0 Å². The smallest absolute Gasteiger partial charge is 0.235 e. The molecule has 0 saturated heterocycles. The van der Waals surface area contributed by atoms with Crippen LogP contribution in [0.15, 0.2) is 41.1 Å². The molecule has 3 aromatic heterocycles. The van der Waals surface area contributed by atoms with E-state index in [0.29, 0.717) is 15.8 Å². The largest absolute Gasteiger partial charge is 0.263 e. The van der Waals surface area contributed by atoms with Crippen LogP contribution in [0.5, 0.6) is 0 Å². The summed E-state index contributed by atoms with van der Waals surface area (Å²) < 4.78 is 15.8. The van der Waals surface area contributed by atoms with Gasteiger partial charge in [0, 0.05) is 28.0 Å². The molecule has 9 heteroatoms. The van der Waals surface area contributed by atoms with Crippen molar-refractivity contribution in [2.24, 2.45) is 0 Å². The molecule has 0 atom stereocenters. The van der Waals surface area contributed by atoms with Crippen molar-refractivity contribution in [2.45, 2.75) is 0 Å². The molecule has 0 bridgehead atoms. The molecule has 5 nitrogen and oxygen atoms in total. The predicted octanol–water partition coefficient (Wildman–Crippen LogP) is 4.47. The minimum atomic E-state index is -0.459. The third-order valence-corrected chi connectivity index (χ3v) is 4.79. The van der Waals surface area contributed by atoms with E-state index < -0.39 is 5.82 Å². The first-order valence-electron chi connectivity index (χ1n) is 6.40. The van der Waals surface area contributed by atoms with Crippen LogP contribution in [0, 0.1) is 5.82 Å². The average Bonchev–Trinajstić information content (AvgIpc) is 3.10. The van der Waals surface area contributed by atoms with E-state index in [1.54, 1.807) is 29.0 Å². The lowest BCUT2D eigenvalue weighted by atomic mass is 10.2. The van der Waals surface area contributed by atoms with Gasteiger partial charge in [0.1, 0.15) is 10.8 Å². The van der Waals surface area contributed by atoms with Crippen molar-refractivity contribution in [3.63, 3.8) is 0 Å². The molecule has 1 aromatic carbocycles. The summed E-state index contributed by atoms with van der Waals surface area (Å²) in [4.78, 5) is 4.76. The van der Waals surface area contributed by atoms with Crippen LogP contribution in [0.3, 0.4) is 0 Å². The number of nitrogens with zero attached hydrogens (tertiary/aromatic N) is 5. The first-order chi connectivity index (χ1) is 11.1. The summed E-state index contributed by atoms with van der Waals surface area (Å²) in [6.45, 7) is 0. The molecule has 0 amide bonds. The Balaban J connectivity index is 1.84. The minimum absolute atomic E-state index is 0.0601. The fraction of sp³-hybridized carbons (Fsp3) is 0. The minimum Gasteiger partial charge on any atom is -0.263 e. The van der Waals surface area contributed by atoms with E-state index in [2.05, 4.69) is 36.2 Å². The van der Waals surface area contributed by atoms with E-state index in [0.717, 1.165) is 15.6 Å². The van der Waals surface area contributed by atoms with Gasteiger partial charge in [-0.25, -0.2) is 4.39 Å². The van der Waals surface area contributed by atoms with Crippen LogP contribution in [-0.4, -0.2) is 24.8 Å². The molecular weight excluding hydrogens is 405 g/mol. The van der Waals surface area contributed by atoms with Crippen molar-refractivity contribution < 1.29 is 4.39 Å². The van der Waals surface area contributed by atoms with Gasteiger partial charge in [-0.1, -0.05) is 22.9 Å². The first-order valence-corrected chi connectivity index (χ1v) is 8.39. The quantitative estimate of drug-likeness (QED) is 0.489. The zero-order valence-electron chi connectivity index (χ0n) is 11.2. The van der Waals surface area contributed by atoms with Crippen molar-refractivity contribution in [3.05, 3.63) is 52.0 Å². The zero-order chi connectivity index (χ0) is 16.0. The molecule has 114 valence electrons. The lowest BCUT2D eigenvalue weighted by molar-refractivity contribution is 0.628. The molecule has 0 spiro atoms. The second-order valence-electron chi connectivity index (χ2n) is 4.65. The number of fused-ring (bicyclic) bond motifs is 1. The maximum Gasteiger partial charge on any atom is 0.235 e. The fourth-order valence-electron chi connectivity index (χ4n) is 2.08. The summed E-state index contributed by atoms with van der Waals surface area (Å²) in [6.07, 6.45) is 3.38. The summed E-state index contributed by atoms with van der Waals surface area (Å²) in [5, 5.41) is 13.5. The fourth-order valence-corrected chi connectivity index (χ4v) is 3.46. The SMILES string of the molecule is Fc1ccc(-c2nn3c(-c4cncc(Br)c4)nnc3s2)cc1Cl. The first kappa shape index (κ1) is 14.7. The number of rotatable bonds is 2. The van der Waals surface area contributed by atoms with Crippen molar-refractivity contribution in [2.75, 3.05) is 0 Å². The van der Waals surface area contributed by atoms with Gasteiger partial charge in [0.2, 0.25) is 4.96 Å². The third-order valence-electron chi connectivity index (χ3n) is 3.12. The third kappa shape index (κ3) is 2.62. The van der Waals surface area contributed by atoms with Gasteiger partial charge < -0.3 is 0 Å². The summed E-state index contributed by atoms with van der Waals surface area (Å²) in [7, 11) is 0. The van der Waals surface area contributed by atoms with Crippen LogP contribution in [0.1, 0.15) is 0 Å². The van der Waals surface area contributed by atoms with Crippen LogP contribution in [0.25, 0.3) is 26.9 Å². The lowest BCUT2D eigenvalue weighted by Gasteiger charge is -1.98. The van der Waals surface area contributed by atoms with Crippen molar-refractivity contribution >= 4 is 43.8 Å². The van der Waals surface area contributed by atoms with Crippen LogP contribution in [0.4, 0.5) is 4.39 Å². The van der Waals surface area contributed by atoms with E-state index in [-0.39, 0.29) is 5.02 Å². The van der Waals surface area contributed by atoms with Crippen LogP contribution in [-0.2, 0) is 0 Å². The Bertz CT molecular complexity index is 1030. The van der Waals surface area contributed by atoms with Crippen LogP contribution in [0.2, 0.25) is 5.02 Å². The lowest BCUT2D eigenvalue weighted by Crippen LogP contribution is -1.92. The maximum atomic E-state index is 13.3. The Morgan fingerprint density at radius 1 is 1.13 bits per heavy atom. The van der Waals surface area contributed by atoms with Gasteiger partial charge >= 0.3 is 0 Å². The number of hydrogen-bond donors (Lipinski definition) is 0. The molecule has 0 unspecified atom stereocenters. The number of halogens is 3. The van der Waals surface area contributed by atoms with Gasteiger partial charge in [0.15, 0.2) is 5.82 Å². The molecule has 0 aliphatic carbocycles. The summed E-state index contributed by atoms with van der Waals surface area (Å²) >= 11 is 10.6. The van der Waals surface area contributed by atoms with Crippen molar-refractivity contribution in [1.82, 2.24) is 24.8 Å². The maximum absolute atomic E-state index is 13.3. The van der Waals surface area contributed by atoms with E-state index in [1.807, 2.05) is 6.07 Å². The Kier molecular flexibility index (Phi) is 3.59. The highest BCUT2D eigenvalue weighted by Crippen LogP contribution is 2.30. The number of hydrogen-bond acceptors (Lipinski definition) is 5. The van der Waals surface area contributed by atoms with Gasteiger partial charge in [-0.3, -0.25) is 4.98 Å². The second-order valence-corrected chi connectivity index (χ2v) is 6.92. The molecule has 0 aliphatic heterocycles. The molecule has 0 saturated carbocycles. The molecule has 4 rings (SSSR count). The molecule has 0 aliphatic rings. The molecule has 4 aromatic rings. The molecule has 23 heavy (non-hydrogen) atoms. The standard InChI is InChI=1S/C14H6BrClFN5S/c15-9-3-8(5-18-6-9)12-19-20-14-22(12)21-13(23-14)7-1-2-11(17)10(16)4-7/h1-6H. The molecule has 0 radical (unpaired) electrons. The number of benzene rings is 1. The van der Waals surface area contributed by atoms with Gasteiger partial charge in [0.25, 0.3) is 0 Å². The predicted molar refractivity (Wildman–Crippen MR) is 90.0 cm³/mol. The van der Waals surface area contributed by atoms with Crippen molar-refractivity contribution in [1.29, 1.82) is 0 Å². The normalized spacial score (nSPS) is 11.3. The van der Waals surface area contributed by atoms with E-state index >= 15 is 0 Å². The summed E-state index contributed by atoms with van der Waals surface area (Å²) in [5.41, 5.74) is 1.52. The van der Waals surface area contributed by atoms with Gasteiger partial charge in [0.05, 0.1) is 5.02 Å². The van der Waals surface area contributed by atoms with E-state index in [1.165, 1.54) is 17.4 Å². The van der Waals surface area contributed by atoms with Gasteiger partial charge in [-0.2, -0.15) is 9.61 Å². The molecular formula is C14H6BrClFN5S. The summed E-state index contributed by atoms with van der Waals surface area (Å²) in [6, 6.07) is 6.38. The van der Waals surface area contributed by atoms with Crippen molar-refractivity contribution in [3.8, 4) is 22.0 Å². The topological polar surface area (TPSA) is 56.0 Å². The van der Waals surface area contributed by atoms with E-state index in [4.69, 9.17) is 11.6 Å². The monoisotopic (exact) mass is 409 g/mol. The number of pyridine rings is 1. The second kappa shape index (κ2) is 5.63. The Hall–Kier alpha value is -1.90.